The van der Waals surface area contributed by atoms with E-state index in [0.717, 1.165) is 11.2 Å². The summed E-state index contributed by atoms with van der Waals surface area (Å²) >= 11 is 6.25. The molecule has 1 saturated heterocycles. The van der Waals surface area contributed by atoms with Gasteiger partial charge in [-0.3, -0.25) is 4.98 Å². The molecule has 3 rings (SSSR count). The van der Waals surface area contributed by atoms with Crippen molar-refractivity contribution >= 4 is 27.4 Å². The highest BCUT2D eigenvalue weighted by Gasteiger charge is 2.25. The maximum Gasteiger partial charge on any atom is 0.235 e. The summed E-state index contributed by atoms with van der Waals surface area (Å²) in [6, 6.07) is 9.20. The maximum atomic E-state index is 11.8. The number of piperazine rings is 1. The van der Waals surface area contributed by atoms with Gasteiger partial charge in [-0.2, -0.15) is 4.31 Å². The molecule has 0 N–H and O–H groups in total. The van der Waals surface area contributed by atoms with Crippen molar-refractivity contribution in [3.63, 3.8) is 0 Å². The Morgan fingerprint density at radius 1 is 1.12 bits per heavy atom. The van der Waals surface area contributed by atoms with Crippen LogP contribution in [0.5, 0.6) is 0 Å². The summed E-state index contributed by atoms with van der Waals surface area (Å²) in [7, 11) is -3.37. The number of halogens is 1. The third-order valence-electron chi connectivity index (χ3n) is 3.87. The van der Waals surface area contributed by atoms with E-state index in [4.69, 9.17) is 11.6 Å². The quantitative estimate of drug-likeness (QED) is 0.833. The normalized spacial score (nSPS) is 16.1. The van der Waals surface area contributed by atoms with Crippen LogP contribution in [0.2, 0.25) is 5.02 Å². The summed E-state index contributed by atoms with van der Waals surface area (Å²) in [6.45, 7) is 5.28. The van der Waals surface area contributed by atoms with Gasteiger partial charge in [0.25, 0.3) is 0 Å². The van der Waals surface area contributed by atoms with Gasteiger partial charge in [0.2, 0.25) is 10.0 Å². The van der Waals surface area contributed by atoms with E-state index in [0.29, 0.717) is 42.6 Å². The lowest BCUT2D eigenvalue weighted by atomic mass is 10.2. The first-order valence-corrected chi connectivity index (χ1v) is 9.35. The standard InChI is InChI=1S/C16H17ClN4O2S/c1-2-24(22,23)21-11-9-20(10-12-21)15-7-6-13(17)16(19-15)14-5-3-4-8-18-14/h2-8H,1,9-12H2. The third kappa shape index (κ3) is 3.43. The van der Waals surface area contributed by atoms with Crippen molar-refractivity contribution in [1.29, 1.82) is 0 Å². The van der Waals surface area contributed by atoms with Gasteiger partial charge in [-0.1, -0.05) is 24.2 Å². The molecule has 0 unspecified atom stereocenters. The molecule has 0 aromatic carbocycles. The molecule has 0 saturated carbocycles. The lowest BCUT2D eigenvalue weighted by Crippen LogP contribution is -2.48. The Bertz CT molecular complexity index is 834. The van der Waals surface area contributed by atoms with E-state index in [1.54, 1.807) is 12.3 Å². The molecule has 8 heteroatoms. The van der Waals surface area contributed by atoms with Crippen molar-refractivity contribution in [2.75, 3.05) is 31.1 Å². The zero-order valence-electron chi connectivity index (χ0n) is 13.0. The smallest absolute Gasteiger partial charge is 0.235 e. The van der Waals surface area contributed by atoms with Crippen molar-refractivity contribution in [1.82, 2.24) is 14.3 Å². The van der Waals surface area contributed by atoms with Crippen molar-refractivity contribution < 1.29 is 8.42 Å². The number of aromatic nitrogens is 2. The van der Waals surface area contributed by atoms with Gasteiger partial charge in [0.15, 0.2) is 0 Å². The number of sulfonamides is 1. The number of anilines is 1. The van der Waals surface area contributed by atoms with Crippen LogP contribution in [-0.4, -0.2) is 48.9 Å². The monoisotopic (exact) mass is 364 g/mol. The Balaban J connectivity index is 1.81. The number of nitrogens with zero attached hydrogens (tertiary/aromatic N) is 4. The molecule has 1 fully saturated rings. The first-order chi connectivity index (χ1) is 11.5. The van der Waals surface area contributed by atoms with E-state index in [2.05, 4.69) is 16.5 Å². The predicted molar refractivity (Wildman–Crippen MR) is 95.4 cm³/mol. The first kappa shape index (κ1) is 16.9. The van der Waals surface area contributed by atoms with Crippen LogP contribution in [0.4, 0.5) is 5.82 Å². The second kappa shape index (κ2) is 6.88. The van der Waals surface area contributed by atoms with Crippen molar-refractivity contribution in [3.05, 3.63) is 53.5 Å². The van der Waals surface area contributed by atoms with Gasteiger partial charge >= 0.3 is 0 Å². The third-order valence-corrected chi connectivity index (χ3v) is 5.68. The molecule has 0 spiro atoms. The van der Waals surface area contributed by atoms with Crippen molar-refractivity contribution in [2.45, 2.75) is 0 Å². The molecule has 0 bridgehead atoms. The highest BCUT2D eigenvalue weighted by atomic mass is 35.5. The Morgan fingerprint density at radius 3 is 2.50 bits per heavy atom. The average Bonchev–Trinajstić information content (AvgIpc) is 2.63. The minimum atomic E-state index is -3.37. The van der Waals surface area contributed by atoms with Crippen LogP contribution in [0.1, 0.15) is 0 Å². The second-order valence-electron chi connectivity index (χ2n) is 5.31. The van der Waals surface area contributed by atoms with E-state index >= 15 is 0 Å². The van der Waals surface area contributed by atoms with Gasteiger partial charge in [0, 0.05) is 37.8 Å². The second-order valence-corrected chi connectivity index (χ2v) is 7.60. The minimum Gasteiger partial charge on any atom is -0.354 e. The molecule has 2 aromatic heterocycles. The summed E-state index contributed by atoms with van der Waals surface area (Å²) < 4.78 is 25.1. The van der Waals surface area contributed by atoms with Gasteiger partial charge in [-0.05, 0) is 24.3 Å². The van der Waals surface area contributed by atoms with Crippen LogP contribution in [0.25, 0.3) is 11.4 Å². The summed E-state index contributed by atoms with van der Waals surface area (Å²) in [6.07, 6.45) is 1.69. The molecule has 24 heavy (non-hydrogen) atoms. The number of pyridine rings is 2. The molecule has 0 radical (unpaired) electrons. The summed E-state index contributed by atoms with van der Waals surface area (Å²) in [5.74, 6) is 0.760. The van der Waals surface area contributed by atoms with E-state index in [1.807, 2.05) is 29.2 Å². The molecule has 0 aliphatic carbocycles. The molecule has 0 amide bonds. The molecule has 3 heterocycles. The van der Waals surface area contributed by atoms with Crippen LogP contribution in [0, 0.1) is 0 Å². The number of hydrogen-bond acceptors (Lipinski definition) is 5. The highest BCUT2D eigenvalue weighted by molar-refractivity contribution is 7.92. The fourth-order valence-electron chi connectivity index (χ4n) is 2.57. The van der Waals surface area contributed by atoms with Crippen molar-refractivity contribution in [2.24, 2.45) is 0 Å². The van der Waals surface area contributed by atoms with E-state index in [1.165, 1.54) is 4.31 Å². The minimum absolute atomic E-state index is 0.400. The van der Waals surface area contributed by atoms with Gasteiger partial charge in [0.05, 0.1) is 10.7 Å². The van der Waals surface area contributed by atoms with Crippen LogP contribution in [0.3, 0.4) is 0 Å². The molecule has 0 atom stereocenters. The number of rotatable bonds is 4. The maximum absolute atomic E-state index is 11.8. The van der Waals surface area contributed by atoms with Gasteiger partial charge in [-0.15, -0.1) is 0 Å². The Morgan fingerprint density at radius 2 is 1.88 bits per heavy atom. The van der Waals surface area contributed by atoms with Crippen LogP contribution in [0.15, 0.2) is 48.5 Å². The SMILES string of the molecule is C=CS(=O)(=O)N1CCN(c2ccc(Cl)c(-c3ccccn3)n2)CC1. The summed E-state index contributed by atoms with van der Waals surface area (Å²) in [5, 5.41) is 1.52. The van der Waals surface area contributed by atoms with Crippen LogP contribution >= 0.6 is 11.6 Å². The lowest BCUT2D eigenvalue weighted by Gasteiger charge is -2.34. The summed E-state index contributed by atoms with van der Waals surface area (Å²) in [4.78, 5) is 10.9. The zero-order chi connectivity index (χ0) is 17.2. The van der Waals surface area contributed by atoms with E-state index < -0.39 is 10.0 Å². The molecular weight excluding hydrogens is 348 g/mol. The fourth-order valence-corrected chi connectivity index (χ4v) is 3.65. The molecule has 1 aliphatic heterocycles. The lowest BCUT2D eigenvalue weighted by molar-refractivity contribution is 0.389. The molecular formula is C16H17ClN4O2S. The van der Waals surface area contributed by atoms with Gasteiger partial charge in [0.1, 0.15) is 11.5 Å². The average molecular weight is 365 g/mol. The zero-order valence-corrected chi connectivity index (χ0v) is 14.5. The fraction of sp³-hybridized carbons (Fsp3) is 0.250. The number of hydrogen-bond donors (Lipinski definition) is 0. The Kier molecular flexibility index (Phi) is 4.84. The Labute approximate surface area is 146 Å². The van der Waals surface area contributed by atoms with Crippen molar-refractivity contribution in [3.8, 4) is 11.4 Å². The van der Waals surface area contributed by atoms with E-state index in [9.17, 15) is 8.42 Å². The topological polar surface area (TPSA) is 66.4 Å². The molecule has 6 nitrogen and oxygen atoms in total. The largest absolute Gasteiger partial charge is 0.354 e. The molecule has 1 aliphatic rings. The van der Waals surface area contributed by atoms with Crippen LogP contribution in [-0.2, 0) is 10.0 Å². The van der Waals surface area contributed by atoms with Gasteiger partial charge in [-0.25, -0.2) is 13.4 Å². The Hall–Kier alpha value is -1.96. The van der Waals surface area contributed by atoms with Crippen LogP contribution < -0.4 is 4.90 Å². The molecule has 2 aromatic rings. The van der Waals surface area contributed by atoms with E-state index in [-0.39, 0.29) is 0 Å². The molecule has 126 valence electrons. The predicted octanol–water partition coefficient (Wildman–Crippen LogP) is 2.39. The first-order valence-electron chi connectivity index (χ1n) is 7.47. The highest BCUT2D eigenvalue weighted by Crippen LogP contribution is 2.27. The van der Waals surface area contributed by atoms with Gasteiger partial charge < -0.3 is 4.90 Å². The summed E-state index contributed by atoms with van der Waals surface area (Å²) in [5.41, 5.74) is 1.33.